The van der Waals surface area contributed by atoms with Crippen molar-refractivity contribution >= 4 is 9.04 Å². The molecule has 0 rings (SSSR count). The molecular weight excluding hydrogens is 304 g/mol. The Balaban J connectivity index is 4.22. The summed E-state index contributed by atoms with van der Waals surface area (Å²) in [6.45, 7) is 8.80. The van der Waals surface area contributed by atoms with Crippen molar-refractivity contribution in [1.29, 1.82) is 0 Å². The molecule has 0 aliphatic carbocycles. The molecule has 134 valence electrons. The summed E-state index contributed by atoms with van der Waals surface area (Å²) in [5.74, 6) is -1.15. The van der Waals surface area contributed by atoms with Gasteiger partial charge in [-0.2, -0.15) is 0 Å². The van der Waals surface area contributed by atoms with Gasteiger partial charge < -0.3 is 34.8 Å². The lowest BCUT2D eigenvalue weighted by Gasteiger charge is -2.32. The van der Waals surface area contributed by atoms with Crippen molar-refractivity contribution in [2.75, 3.05) is 46.3 Å². The largest absolute Gasteiger partial charge is 0.398 e. The monoisotopic (exact) mass is 338 g/mol. The molecule has 1 unspecified atom stereocenters. The van der Waals surface area contributed by atoms with Crippen LogP contribution in [0, 0.1) is 0 Å². The maximum atomic E-state index is 5.83. The van der Waals surface area contributed by atoms with Gasteiger partial charge >= 0.3 is 5.97 Å². The highest BCUT2D eigenvalue weighted by molar-refractivity contribution is 6.51. The van der Waals surface area contributed by atoms with E-state index in [0.29, 0.717) is 32.9 Å². The van der Waals surface area contributed by atoms with E-state index < -0.39 is 15.0 Å². The predicted octanol–water partition coefficient (Wildman–Crippen LogP) is 0.772. The Bertz CT molecular complexity index is 232. The van der Waals surface area contributed by atoms with Gasteiger partial charge in [0.25, 0.3) is 0 Å². The molecule has 0 bridgehead atoms. The minimum Gasteiger partial charge on any atom is -0.398 e. The fourth-order valence-corrected chi connectivity index (χ4v) is 4.04. The van der Waals surface area contributed by atoms with Crippen LogP contribution in [0.1, 0.15) is 27.2 Å². The normalized spacial score (nSPS) is 13.5. The lowest BCUT2D eigenvalue weighted by atomic mass is 10.5. The Labute approximate surface area is 136 Å². The smallest absolute Gasteiger partial charge is 0.307 e. The van der Waals surface area contributed by atoms with Crippen LogP contribution in [0.3, 0.4) is 0 Å². The van der Waals surface area contributed by atoms with E-state index in [1.165, 1.54) is 0 Å². The number of ether oxygens (including phenoxy) is 4. The zero-order valence-corrected chi connectivity index (χ0v) is 15.5. The summed E-state index contributed by atoms with van der Waals surface area (Å²) in [5, 5.41) is 0. The lowest BCUT2D eigenvalue weighted by Crippen LogP contribution is -2.44. The molecular formula is C14H34N2O5Si. The van der Waals surface area contributed by atoms with E-state index >= 15 is 0 Å². The first kappa shape index (κ1) is 21.9. The molecule has 7 nitrogen and oxygen atoms in total. The topological polar surface area (TPSA) is 98.2 Å². The SMILES string of the molecule is CCOC(COCO[SiH](CCN)CCCN)(OCC)OCC. The number of rotatable bonds is 16. The van der Waals surface area contributed by atoms with E-state index in [4.69, 9.17) is 34.8 Å². The number of nitrogens with two attached hydrogens (primary N) is 2. The van der Waals surface area contributed by atoms with Crippen LogP contribution in [0.5, 0.6) is 0 Å². The summed E-state index contributed by atoms with van der Waals surface area (Å²) in [4.78, 5) is 0. The molecule has 0 spiro atoms. The van der Waals surface area contributed by atoms with Crippen LogP contribution in [0.25, 0.3) is 0 Å². The Morgan fingerprint density at radius 2 is 1.45 bits per heavy atom. The van der Waals surface area contributed by atoms with Gasteiger partial charge in [-0.3, -0.25) is 0 Å². The van der Waals surface area contributed by atoms with Crippen molar-refractivity contribution in [2.24, 2.45) is 11.5 Å². The van der Waals surface area contributed by atoms with E-state index in [1.807, 2.05) is 20.8 Å². The molecule has 0 aliphatic rings. The summed E-state index contributed by atoms with van der Waals surface area (Å²) in [6, 6.07) is 1.95. The molecule has 0 aromatic carbocycles. The third kappa shape index (κ3) is 9.85. The second kappa shape index (κ2) is 14.5. The van der Waals surface area contributed by atoms with Gasteiger partial charge in [-0.25, -0.2) is 0 Å². The molecule has 4 N–H and O–H groups in total. The van der Waals surface area contributed by atoms with Crippen LogP contribution in [0.2, 0.25) is 12.1 Å². The van der Waals surface area contributed by atoms with Gasteiger partial charge in [-0.15, -0.1) is 0 Å². The fraction of sp³-hybridized carbons (Fsp3) is 1.00. The minimum absolute atomic E-state index is 0.170. The first-order valence-corrected chi connectivity index (χ1v) is 10.3. The molecule has 22 heavy (non-hydrogen) atoms. The molecule has 8 heteroatoms. The van der Waals surface area contributed by atoms with Gasteiger partial charge in [0.05, 0.1) is 0 Å². The summed E-state index contributed by atoms with van der Waals surface area (Å²) >= 11 is 0. The molecule has 1 atom stereocenters. The third-order valence-corrected chi connectivity index (χ3v) is 5.61. The first-order valence-electron chi connectivity index (χ1n) is 8.19. The van der Waals surface area contributed by atoms with Gasteiger partial charge in [0.1, 0.15) is 13.4 Å². The molecule has 0 heterocycles. The maximum Gasteiger partial charge on any atom is 0.307 e. The maximum absolute atomic E-state index is 5.83. The van der Waals surface area contributed by atoms with E-state index in [-0.39, 0.29) is 13.4 Å². The molecule has 0 saturated carbocycles. The molecule has 0 amide bonds. The zero-order valence-electron chi connectivity index (χ0n) is 14.3. The standard InChI is InChI=1S/C14H34N2O5Si/c1-4-18-14(19-5-2,20-6-3)12-17-13-21-22(11-9-16)10-7-8-15/h22H,4-13,15-16H2,1-3H3. The first-order chi connectivity index (χ1) is 10.7. The fourth-order valence-electron chi connectivity index (χ4n) is 2.06. The van der Waals surface area contributed by atoms with E-state index in [9.17, 15) is 0 Å². The summed E-state index contributed by atoms with van der Waals surface area (Å²) < 4.78 is 28.1. The number of hydrogen-bond acceptors (Lipinski definition) is 7. The summed E-state index contributed by atoms with van der Waals surface area (Å²) in [7, 11) is -1.34. The highest BCUT2D eigenvalue weighted by atomic mass is 28.3. The molecule has 0 aliphatic heterocycles. The average molecular weight is 339 g/mol. The highest BCUT2D eigenvalue weighted by Crippen LogP contribution is 2.16. The quantitative estimate of drug-likeness (QED) is 0.244. The predicted molar refractivity (Wildman–Crippen MR) is 89.0 cm³/mol. The van der Waals surface area contributed by atoms with Crippen molar-refractivity contribution in [3.8, 4) is 0 Å². The Hall–Kier alpha value is -0.0631. The van der Waals surface area contributed by atoms with Crippen LogP contribution >= 0.6 is 0 Å². The van der Waals surface area contributed by atoms with Crippen molar-refractivity contribution in [3.05, 3.63) is 0 Å². The number of hydrogen-bond donors (Lipinski definition) is 2. The van der Waals surface area contributed by atoms with E-state index in [0.717, 1.165) is 18.5 Å². The van der Waals surface area contributed by atoms with Crippen LogP contribution in [0.15, 0.2) is 0 Å². The second-order valence-electron chi connectivity index (χ2n) is 4.75. The van der Waals surface area contributed by atoms with Gasteiger partial charge in [-0.05, 0) is 52.4 Å². The molecule has 0 saturated heterocycles. The molecule has 0 aromatic rings. The van der Waals surface area contributed by atoms with Crippen molar-refractivity contribution in [3.63, 3.8) is 0 Å². The second-order valence-corrected chi connectivity index (χ2v) is 7.48. The van der Waals surface area contributed by atoms with Crippen LogP contribution in [0.4, 0.5) is 0 Å². The van der Waals surface area contributed by atoms with Crippen molar-refractivity contribution in [1.82, 2.24) is 0 Å². The van der Waals surface area contributed by atoms with Gasteiger partial charge in [0, 0.05) is 19.8 Å². The Morgan fingerprint density at radius 3 is 1.91 bits per heavy atom. The molecule has 0 radical (unpaired) electrons. The van der Waals surface area contributed by atoms with Crippen LogP contribution < -0.4 is 11.5 Å². The molecule has 0 fully saturated rings. The van der Waals surface area contributed by atoms with Gasteiger partial charge in [0.2, 0.25) is 0 Å². The minimum atomic E-state index is -1.34. The Morgan fingerprint density at radius 1 is 0.864 bits per heavy atom. The van der Waals surface area contributed by atoms with Crippen molar-refractivity contribution in [2.45, 2.75) is 45.3 Å². The van der Waals surface area contributed by atoms with Crippen LogP contribution in [-0.2, 0) is 23.4 Å². The van der Waals surface area contributed by atoms with Crippen LogP contribution in [-0.4, -0.2) is 61.3 Å². The molecule has 0 aromatic heterocycles. The van der Waals surface area contributed by atoms with E-state index in [1.54, 1.807) is 0 Å². The highest BCUT2D eigenvalue weighted by Gasteiger charge is 2.33. The average Bonchev–Trinajstić information content (AvgIpc) is 2.50. The van der Waals surface area contributed by atoms with Gasteiger partial charge in [-0.1, -0.05) is 0 Å². The van der Waals surface area contributed by atoms with E-state index in [2.05, 4.69) is 0 Å². The third-order valence-electron chi connectivity index (χ3n) is 2.98. The lowest BCUT2D eigenvalue weighted by molar-refractivity contribution is -0.393. The summed E-state index contributed by atoms with van der Waals surface area (Å²) in [5.41, 5.74) is 11.2. The summed E-state index contributed by atoms with van der Waals surface area (Å²) in [6.07, 6.45) is 0.970. The van der Waals surface area contributed by atoms with Crippen molar-refractivity contribution < 1.29 is 23.4 Å². The Kier molecular flexibility index (Phi) is 14.5. The van der Waals surface area contributed by atoms with Gasteiger partial charge in [0.15, 0.2) is 9.04 Å². The zero-order chi connectivity index (χ0) is 16.7.